The van der Waals surface area contributed by atoms with Crippen molar-refractivity contribution in [2.45, 2.75) is 45.1 Å². The number of carbonyl (C=O) groups excluding carboxylic acids is 2. The van der Waals surface area contributed by atoms with Gasteiger partial charge < -0.3 is 25.4 Å². The third kappa shape index (κ3) is 5.96. The van der Waals surface area contributed by atoms with Gasteiger partial charge >= 0.3 is 0 Å². The standard InChI is InChI=1S/C27H36ClN3O3.CH2O2/c1-34-22-9-6-18(16-21(22)28)17-30-26(33)24-20-8-7-19(27(20)10-11-27)23(24)25(32)29-12-2-3-13-31-14-4-5-15-31;2-1-3/h6-9,16,19-20,23-24H,2-5,10-15,17H2,1H3,(H,29,32)(H,30,33);1H,(H,2,3)/t19-,20+,23-,24-;/m1./s1. The Kier molecular flexibility index (Phi) is 9.13. The predicted octanol–water partition coefficient (Wildman–Crippen LogP) is 3.49. The van der Waals surface area contributed by atoms with Gasteiger partial charge in [-0.1, -0.05) is 29.8 Å². The highest BCUT2D eigenvalue weighted by molar-refractivity contribution is 6.32. The molecule has 3 N–H and O–H groups in total. The normalized spacial score (nSPS) is 26.4. The molecule has 1 heterocycles. The number of rotatable bonds is 10. The minimum atomic E-state index is -0.296. The van der Waals surface area contributed by atoms with E-state index in [2.05, 4.69) is 27.7 Å². The number of methoxy groups -OCH3 is 1. The average molecular weight is 532 g/mol. The van der Waals surface area contributed by atoms with E-state index in [9.17, 15) is 9.59 Å². The Bertz CT molecular complexity index is 1010. The lowest BCUT2D eigenvalue weighted by Gasteiger charge is -2.26. The van der Waals surface area contributed by atoms with E-state index in [1.54, 1.807) is 7.11 Å². The van der Waals surface area contributed by atoms with Crippen LogP contribution in [0.5, 0.6) is 5.75 Å². The van der Waals surface area contributed by atoms with E-state index < -0.39 is 0 Å². The highest BCUT2D eigenvalue weighted by atomic mass is 35.5. The molecule has 1 spiro atoms. The van der Waals surface area contributed by atoms with E-state index in [0.29, 0.717) is 23.9 Å². The minimum Gasteiger partial charge on any atom is -0.495 e. The van der Waals surface area contributed by atoms with Crippen LogP contribution in [-0.2, 0) is 20.9 Å². The molecule has 4 atom stereocenters. The quantitative estimate of drug-likeness (QED) is 0.242. The van der Waals surface area contributed by atoms with Crippen molar-refractivity contribution in [1.29, 1.82) is 0 Å². The van der Waals surface area contributed by atoms with Gasteiger partial charge in [0.25, 0.3) is 6.47 Å². The molecule has 5 rings (SSSR count). The molecule has 0 aromatic heterocycles. The molecular weight excluding hydrogens is 494 g/mol. The molecular formula is C28H38ClN3O5. The zero-order valence-corrected chi connectivity index (χ0v) is 22.2. The number of hydrogen-bond acceptors (Lipinski definition) is 5. The zero-order valence-electron chi connectivity index (χ0n) is 21.5. The fraction of sp³-hybridized carbons (Fsp3) is 0.607. The van der Waals surface area contributed by atoms with Crippen LogP contribution in [0.2, 0.25) is 5.02 Å². The summed E-state index contributed by atoms with van der Waals surface area (Å²) in [5, 5.41) is 13.7. The fourth-order valence-corrected chi connectivity index (χ4v) is 6.91. The molecule has 9 heteroatoms. The minimum absolute atomic E-state index is 0.0238. The Morgan fingerprint density at radius 2 is 1.73 bits per heavy atom. The summed E-state index contributed by atoms with van der Waals surface area (Å²) in [5.41, 5.74) is 1.06. The summed E-state index contributed by atoms with van der Waals surface area (Å²) in [6.07, 6.45) is 11.4. The number of nitrogens with one attached hydrogen (secondary N) is 2. The Labute approximate surface area is 223 Å². The molecule has 2 bridgehead atoms. The Morgan fingerprint density at radius 1 is 1.11 bits per heavy atom. The SMILES string of the molecule is COc1ccc(CNC(=O)[C@H]2[C@H](C(=O)NCCCCN3CCCC3)[C@H]3C=C[C@@H]2C32CC2)cc1Cl.O=CO. The number of unbranched alkanes of at least 4 members (excludes halogenated alkanes) is 1. The van der Waals surface area contributed by atoms with Gasteiger partial charge in [0, 0.05) is 13.1 Å². The van der Waals surface area contributed by atoms with Crippen molar-refractivity contribution in [3.63, 3.8) is 0 Å². The smallest absolute Gasteiger partial charge is 0.290 e. The second kappa shape index (κ2) is 12.3. The number of carbonyl (C=O) groups is 3. The molecule has 0 radical (unpaired) electrons. The maximum absolute atomic E-state index is 13.4. The molecule has 2 saturated carbocycles. The van der Waals surface area contributed by atoms with Gasteiger partial charge in [-0.3, -0.25) is 14.4 Å². The van der Waals surface area contributed by atoms with Crippen LogP contribution in [-0.4, -0.2) is 61.6 Å². The van der Waals surface area contributed by atoms with E-state index in [0.717, 1.165) is 37.8 Å². The third-order valence-electron chi connectivity index (χ3n) is 8.53. The van der Waals surface area contributed by atoms with Crippen molar-refractivity contribution >= 4 is 29.9 Å². The van der Waals surface area contributed by atoms with Gasteiger partial charge in [-0.05, 0) is 93.1 Å². The van der Waals surface area contributed by atoms with E-state index in [1.165, 1.54) is 25.9 Å². The number of allylic oxidation sites excluding steroid dienone is 2. The van der Waals surface area contributed by atoms with Crippen molar-refractivity contribution in [1.82, 2.24) is 15.5 Å². The number of halogens is 1. The van der Waals surface area contributed by atoms with E-state index in [4.69, 9.17) is 26.2 Å². The van der Waals surface area contributed by atoms with Crippen molar-refractivity contribution < 1.29 is 24.2 Å². The number of hydrogen-bond donors (Lipinski definition) is 3. The van der Waals surface area contributed by atoms with Crippen LogP contribution in [0.4, 0.5) is 0 Å². The number of ether oxygens (including phenoxy) is 1. The van der Waals surface area contributed by atoms with Crippen LogP contribution in [0.25, 0.3) is 0 Å². The molecule has 3 fully saturated rings. The zero-order chi connectivity index (χ0) is 26.4. The summed E-state index contributed by atoms with van der Waals surface area (Å²) < 4.78 is 5.21. The first-order chi connectivity index (χ1) is 17.9. The predicted molar refractivity (Wildman–Crippen MR) is 141 cm³/mol. The van der Waals surface area contributed by atoms with Crippen LogP contribution in [0, 0.1) is 29.1 Å². The Morgan fingerprint density at radius 3 is 2.30 bits per heavy atom. The molecule has 1 aliphatic heterocycles. The number of benzene rings is 1. The van der Waals surface area contributed by atoms with Gasteiger partial charge in [-0.2, -0.15) is 0 Å². The number of likely N-dealkylation sites (tertiary alicyclic amines) is 1. The number of carboxylic acid groups (broad SMARTS) is 1. The summed E-state index contributed by atoms with van der Waals surface area (Å²) in [6.45, 7) is 4.38. The van der Waals surface area contributed by atoms with E-state index in [1.807, 2.05) is 18.2 Å². The van der Waals surface area contributed by atoms with Crippen LogP contribution in [0.15, 0.2) is 30.4 Å². The van der Waals surface area contributed by atoms with Crippen molar-refractivity contribution in [2.75, 3.05) is 33.3 Å². The van der Waals surface area contributed by atoms with Gasteiger partial charge in [0.1, 0.15) is 5.75 Å². The molecule has 3 aliphatic carbocycles. The largest absolute Gasteiger partial charge is 0.495 e. The maximum Gasteiger partial charge on any atom is 0.290 e. The van der Waals surface area contributed by atoms with E-state index >= 15 is 0 Å². The molecule has 1 saturated heterocycles. The van der Waals surface area contributed by atoms with Crippen LogP contribution in [0.1, 0.15) is 44.1 Å². The molecule has 2 amide bonds. The van der Waals surface area contributed by atoms with Crippen molar-refractivity contribution in [3.8, 4) is 5.75 Å². The average Bonchev–Trinajstić information content (AvgIpc) is 3.25. The molecule has 0 unspecified atom stereocenters. The molecule has 1 aromatic rings. The molecule has 4 aliphatic rings. The summed E-state index contributed by atoms with van der Waals surface area (Å²) in [6, 6.07) is 5.53. The summed E-state index contributed by atoms with van der Waals surface area (Å²) in [7, 11) is 1.58. The fourth-order valence-electron chi connectivity index (χ4n) is 6.63. The van der Waals surface area contributed by atoms with Crippen molar-refractivity contribution in [3.05, 3.63) is 40.9 Å². The second-order valence-corrected chi connectivity index (χ2v) is 11.0. The highest BCUT2D eigenvalue weighted by Gasteiger charge is 2.69. The topological polar surface area (TPSA) is 108 Å². The molecule has 202 valence electrons. The van der Waals surface area contributed by atoms with Crippen molar-refractivity contribution in [2.24, 2.45) is 29.1 Å². The lowest BCUT2D eigenvalue weighted by Crippen LogP contribution is -2.44. The third-order valence-corrected chi connectivity index (χ3v) is 8.82. The van der Waals surface area contributed by atoms with Gasteiger partial charge in [0.05, 0.1) is 24.0 Å². The summed E-state index contributed by atoms with van der Waals surface area (Å²) in [5.74, 6) is 0.437. The Balaban J connectivity index is 0.00000102. The van der Waals surface area contributed by atoms with E-state index in [-0.39, 0.29) is 47.4 Å². The van der Waals surface area contributed by atoms with Gasteiger partial charge in [0.15, 0.2) is 0 Å². The molecule has 8 nitrogen and oxygen atoms in total. The van der Waals surface area contributed by atoms with Crippen LogP contribution in [0.3, 0.4) is 0 Å². The second-order valence-electron chi connectivity index (χ2n) is 10.6. The molecule has 37 heavy (non-hydrogen) atoms. The summed E-state index contributed by atoms with van der Waals surface area (Å²) in [4.78, 5) is 37.6. The first kappa shape index (κ1) is 27.5. The highest BCUT2D eigenvalue weighted by Crippen LogP contribution is 2.72. The van der Waals surface area contributed by atoms with Gasteiger partial charge in [0.2, 0.25) is 11.8 Å². The van der Waals surface area contributed by atoms with Gasteiger partial charge in [-0.15, -0.1) is 0 Å². The first-order valence-electron chi connectivity index (χ1n) is 13.3. The number of amides is 2. The Hall–Kier alpha value is -2.58. The van der Waals surface area contributed by atoms with Crippen LogP contribution < -0.4 is 15.4 Å². The summed E-state index contributed by atoms with van der Waals surface area (Å²) >= 11 is 6.24. The maximum atomic E-state index is 13.4. The number of nitrogens with zero attached hydrogens (tertiary/aromatic N) is 1. The monoisotopic (exact) mass is 531 g/mol. The molecule has 1 aromatic carbocycles. The van der Waals surface area contributed by atoms with Crippen LogP contribution >= 0.6 is 11.6 Å². The first-order valence-corrected chi connectivity index (χ1v) is 13.7. The van der Waals surface area contributed by atoms with Gasteiger partial charge in [-0.25, -0.2) is 0 Å². The lowest BCUT2D eigenvalue weighted by molar-refractivity contribution is -0.135. The lowest BCUT2D eigenvalue weighted by atomic mass is 9.81.